The van der Waals surface area contributed by atoms with Crippen LogP contribution < -0.4 is 0 Å². The summed E-state index contributed by atoms with van der Waals surface area (Å²) in [5.41, 5.74) is -1.07. The Balaban J connectivity index is 2.25. The van der Waals surface area contributed by atoms with Crippen molar-refractivity contribution in [2.45, 2.75) is 51.6 Å². The third-order valence-corrected chi connectivity index (χ3v) is 2.77. The minimum atomic E-state index is -1.07. The van der Waals surface area contributed by atoms with Crippen LogP contribution in [0.3, 0.4) is 0 Å². The Kier molecular flexibility index (Phi) is 2.89. The van der Waals surface area contributed by atoms with Gasteiger partial charge in [-0.2, -0.15) is 0 Å². The van der Waals surface area contributed by atoms with Crippen molar-refractivity contribution in [3.05, 3.63) is 0 Å². The number of aliphatic hydroxyl groups is 1. The van der Waals surface area contributed by atoms with Gasteiger partial charge in [-0.25, -0.2) is 0 Å². The molecule has 1 rings (SSSR count). The predicted molar refractivity (Wildman–Crippen MR) is 47.9 cm³/mol. The van der Waals surface area contributed by atoms with Crippen LogP contribution in [0.4, 0.5) is 0 Å². The van der Waals surface area contributed by atoms with E-state index in [0.29, 0.717) is 12.8 Å². The molecule has 0 radical (unpaired) electrons. The average Bonchev–Trinajstić information content (AvgIpc) is 2.83. The minimum absolute atomic E-state index is 0.0110. The summed E-state index contributed by atoms with van der Waals surface area (Å²) in [6.45, 7) is 3.46. The molecule has 0 aromatic rings. The molecule has 1 aliphatic rings. The maximum absolute atomic E-state index is 11.4. The molecular formula is C10H18O2. The first-order chi connectivity index (χ1) is 5.56. The monoisotopic (exact) mass is 170 g/mol. The van der Waals surface area contributed by atoms with Gasteiger partial charge in [0.15, 0.2) is 5.78 Å². The Bertz CT molecular complexity index is 169. The molecule has 0 heterocycles. The van der Waals surface area contributed by atoms with Crippen molar-refractivity contribution in [3.8, 4) is 0 Å². The zero-order chi connectivity index (χ0) is 9.19. The summed E-state index contributed by atoms with van der Waals surface area (Å²) in [6, 6.07) is 0. The van der Waals surface area contributed by atoms with Crippen LogP contribution in [-0.2, 0) is 4.79 Å². The van der Waals surface area contributed by atoms with Gasteiger partial charge in [-0.1, -0.05) is 19.8 Å². The van der Waals surface area contributed by atoms with Gasteiger partial charge in [0.2, 0.25) is 0 Å². The fourth-order valence-electron chi connectivity index (χ4n) is 1.21. The molecule has 2 heteroatoms. The van der Waals surface area contributed by atoms with Crippen molar-refractivity contribution in [1.29, 1.82) is 0 Å². The minimum Gasteiger partial charge on any atom is -0.382 e. The molecule has 1 unspecified atom stereocenters. The topological polar surface area (TPSA) is 37.3 Å². The highest BCUT2D eigenvalue weighted by Gasteiger charge is 2.29. The van der Waals surface area contributed by atoms with E-state index in [4.69, 9.17) is 0 Å². The SMILES string of the molecule is CCC(C)(O)C(=O)CCC1CC1. The summed E-state index contributed by atoms with van der Waals surface area (Å²) in [5, 5.41) is 9.58. The molecule has 0 aromatic heterocycles. The molecule has 1 fully saturated rings. The first-order valence-corrected chi connectivity index (χ1v) is 4.82. The van der Waals surface area contributed by atoms with Crippen molar-refractivity contribution in [2.75, 3.05) is 0 Å². The second-order valence-corrected chi connectivity index (χ2v) is 4.03. The number of carbonyl (C=O) groups is 1. The molecule has 0 spiro atoms. The normalized spacial score (nSPS) is 21.9. The summed E-state index contributed by atoms with van der Waals surface area (Å²) >= 11 is 0. The molecular weight excluding hydrogens is 152 g/mol. The Labute approximate surface area is 74.0 Å². The maximum atomic E-state index is 11.4. The van der Waals surface area contributed by atoms with E-state index in [-0.39, 0.29) is 5.78 Å². The van der Waals surface area contributed by atoms with Gasteiger partial charge in [0, 0.05) is 6.42 Å². The zero-order valence-corrected chi connectivity index (χ0v) is 7.97. The lowest BCUT2D eigenvalue weighted by atomic mass is 9.94. The van der Waals surface area contributed by atoms with Crippen LogP contribution >= 0.6 is 0 Å². The average molecular weight is 170 g/mol. The van der Waals surface area contributed by atoms with Gasteiger partial charge in [0.1, 0.15) is 5.60 Å². The summed E-state index contributed by atoms with van der Waals surface area (Å²) in [7, 11) is 0. The first kappa shape index (κ1) is 9.72. The highest BCUT2D eigenvalue weighted by atomic mass is 16.3. The molecule has 12 heavy (non-hydrogen) atoms. The number of hydrogen-bond donors (Lipinski definition) is 1. The molecule has 1 N–H and O–H groups in total. The van der Waals surface area contributed by atoms with E-state index in [1.807, 2.05) is 6.92 Å². The number of hydrogen-bond acceptors (Lipinski definition) is 2. The maximum Gasteiger partial charge on any atom is 0.164 e. The van der Waals surface area contributed by atoms with Crippen molar-refractivity contribution < 1.29 is 9.90 Å². The highest BCUT2D eigenvalue weighted by Crippen LogP contribution is 2.34. The van der Waals surface area contributed by atoms with E-state index in [9.17, 15) is 9.90 Å². The molecule has 2 nitrogen and oxygen atoms in total. The Morgan fingerprint density at radius 3 is 2.58 bits per heavy atom. The third kappa shape index (κ3) is 2.59. The second kappa shape index (κ2) is 3.56. The summed E-state index contributed by atoms with van der Waals surface area (Å²) in [6.07, 6.45) is 4.63. The van der Waals surface area contributed by atoms with Crippen LogP contribution in [0.1, 0.15) is 46.0 Å². The molecule has 0 bridgehead atoms. The van der Waals surface area contributed by atoms with E-state index in [1.165, 1.54) is 12.8 Å². The molecule has 0 aliphatic heterocycles. The Hall–Kier alpha value is -0.370. The van der Waals surface area contributed by atoms with Gasteiger partial charge in [0.05, 0.1) is 0 Å². The zero-order valence-electron chi connectivity index (χ0n) is 7.97. The van der Waals surface area contributed by atoms with E-state index >= 15 is 0 Å². The largest absolute Gasteiger partial charge is 0.382 e. The third-order valence-electron chi connectivity index (χ3n) is 2.77. The van der Waals surface area contributed by atoms with Gasteiger partial charge in [0.25, 0.3) is 0 Å². The van der Waals surface area contributed by atoms with Crippen molar-refractivity contribution in [3.63, 3.8) is 0 Å². The molecule has 0 saturated heterocycles. The number of Topliss-reactive ketones (excluding diaryl/α,β-unsaturated/α-hetero) is 1. The molecule has 70 valence electrons. The molecule has 0 amide bonds. The van der Waals surface area contributed by atoms with Crippen LogP contribution in [0.25, 0.3) is 0 Å². The van der Waals surface area contributed by atoms with Crippen molar-refractivity contribution in [2.24, 2.45) is 5.92 Å². The van der Waals surface area contributed by atoms with E-state index in [2.05, 4.69) is 0 Å². The number of rotatable bonds is 5. The van der Waals surface area contributed by atoms with E-state index in [0.717, 1.165) is 12.3 Å². The van der Waals surface area contributed by atoms with E-state index in [1.54, 1.807) is 6.92 Å². The van der Waals surface area contributed by atoms with Gasteiger partial charge >= 0.3 is 0 Å². The van der Waals surface area contributed by atoms with Crippen molar-refractivity contribution >= 4 is 5.78 Å². The predicted octanol–water partition coefficient (Wildman–Crippen LogP) is 1.91. The van der Waals surface area contributed by atoms with Gasteiger partial charge < -0.3 is 5.11 Å². The van der Waals surface area contributed by atoms with Crippen LogP contribution in [-0.4, -0.2) is 16.5 Å². The van der Waals surface area contributed by atoms with Crippen LogP contribution in [0, 0.1) is 5.92 Å². The van der Waals surface area contributed by atoms with Gasteiger partial charge in [-0.15, -0.1) is 0 Å². The van der Waals surface area contributed by atoms with Gasteiger partial charge in [-0.3, -0.25) is 4.79 Å². The lowest BCUT2D eigenvalue weighted by molar-refractivity contribution is -0.136. The summed E-state index contributed by atoms with van der Waals surface area (Å²) < 4.78 is 0. The second-order valence-electron chi connectivity index (χ2n) is 4.03. The highest BCUT2D eigenvalue weighted by molar-refractivity contribution is 5.86. The van der Waals surface area contributed by atoms with Gasteiger partial charge in [-0.05, 0) is 25.7 Å². The van der Waals surface area contributed by atoms with Crippen LogP contribution in [0.15, 0.2) is 0 Å². The number of carbonyl (C=O) groups excluding carboxylic acids is 1. The van der Waals surface area contributed by atoms with Crippen LogP contribution in [0.5, 0.6) is 0 Å². The Morgan fingerprint density at radius 1 is 1.58 bits per heavy atom. The lowest BCUT2D eigenvalue weighted by Crippen LogP contribution is -2.34. The smallest absolute Gasteiger partial charge is 0.164 e. The summed E-state index contributed by atoms with van der Waals surface area (Å²) in [4.78, 5) is 11.4. The lowest BCUT2D eigenvalue weighted by Gasteiger charge is -2.19. The van der Waals surface area contributed by atoms with Crippen LogP contribution in [0.2, 0.25) is 0 Å². The molecule has 0 aromatic carbocycles. The first-order valence-electron chi connectivity index (χ1n) is 4.82. The molecule has 1 saturated carbocycles. The fourth-order valence-corrected chi connectivity index (χ4v) is 1.21. The number of ketones is 1. The fraction of sp³-hybridized carbons (Fsp3) is 0.900. The van der Waals surface area contributed by atoms with E-state index < -0.39 is 5.60 Å². The molecule has 1 aliphatic carbocycles. The quantitative estimate of drug-likeness (QED) is 0.684. The Morgan fingerprint density at radius 2 is 2.17 bits per heavy atom. The summed E-state index contributed by atoms with van der Waals surface area (Å²) in [5.74, 6) is 0.790. The van der Waals surface area contributed by atoms with Crippen molar-refractivity contribution in [1.82, 2.24) is 0 Å². The molecule has 1 atom stereocenters. The standard InChI is InChI=1S/C10H18O2/c1-3-10(2,12)9(11)7-6-8-4-5-8/h8,12H,3-7H2,1-2H3.